The smallest absolute Gasteiger partial charge is 0.362 e. The maximum atomic E-state index is 10.1. The number of carboxylic acid groups (broad SMARTS) is 2. The van der Waals surface area contributed by atoms with Crippen LogP contribution >= 0.6 is 23.5 Å². The third-order valence-corrected chi connectivity index (χ3v) is 3.33. The zero-order valence-corrected chi connectivity index (χ0v) is 15.9. The summed E-state index contributed by atoms with van der Waals surface area (Å²) in [5.74, 6) is 0.147. The number of nitrogens with zero attached hydrogens (tertiary/aromatic N) is 2. The first kappa shape index (κ1) is 31.7. The zero-order valence-electron chi connectivity index (χ0n) is 14.3. The summed E-state index contributed by atoms with van der Waals surface area (Å²) in [4.78, 5) is 36.8. The number of rotatable bonds is 8. The molecule has 0 amide bonds. The molecule has 0 aromatic heterocycles. The van der Waals surface area contributed by atoms with Gasteiger partial charge in [-0.25, -0.2) is 9.59 Å². The first-order chi connectivity index (χ1) is 11.8. The van der Waals surface area contributed by atoms with Crippen molar-refractivity contribution >= 4 is 35.5 Å². The lowest BCUT2D eigenvalue weighted by Gasteiger charge is -1.98. The molecule has 16 heteroatoms. The van der Waals surface area contributed by atoms with Crippen molar-refractivity contribution in [2.45, 2.75) is 24.9 Å². The van der Waals surface area contributed by atoms with Crippen LogP contribution in [0.5, 0.6) is 0 Å². The lowest BCUT2D eigenvalue weighted by molar-refractivity contribution is -0.408. The largest absolute Gasteiger partial charge is 0.477 e. The maximum Gasteiger partial charge on any atom is 0.362 e. The van der Waals surface area contributed by atoms with Crippen LogP contribution in [-0.2, 0) is 9.59 Å². The minimum Gasteiger partial charge on any atom is -0.477 e. The van der Waals surface area contributed by atoms with Gasteiger partial charge in [0, 0.05) is 12.8 Å². The van der Waals surface area contributed by atoms with Crippen molar-refractivity contribution in [3.63, 3.8) is 0 Å². The predicted octanol–water partition coefficient (Wildman–Crippen LogP) is -1.61. The molecule has 156 valence electrons. The average molecular weight is 424 g/mol. The lowest BCUT2D eigenvalue weighted by Crippen LogP contribution is -2.65. The fourth-order valence-electron chi connectivity index (χ4n) is 0.767. The number of carboxylic acids is 2. The van der Waals surface area contributed by atoms with Crippen molar-refractivity contribution in [3.8, 4) is 0 Å². The Hall–Kier alpha value is -2.04. The highest BCUT2D eigenvalue weighted by atomic mass is 32.2. The molecule has 0 aliphatic carbocycles. The Bertz CT molecular complexity index is 358. The monoisotopic (exact) mass is 424 g/mol. The maximum absolute atomic E-state index is 10.1. The van der Waals surface area contributed by atoms with Gasteiger partial charge in [-0.1, -0.05) is 0 Å². The van der Waals surface area contributed by atoms with E-state index in [1.54, 1.807) is 23.5 Å². The zero-order chi connectivity index (χ0) is 21.7. The average Bonchev–Trinajstić information content (AvgIpc) is 2.49. The van der Waals surface area contributed by atoms with Crippen molar-refractivity contribution in [2.75, 3.05) is 24.0 Å². The Labute approximate surface area is 157 Å². The summed E-state index contributed by atoms with van der Waals surface area (Å²) >= 11 is 3.29. The molecule has 26 heavy (non-hydrogen) atoms. The summed E-state index contributed by atoms with van der Waals surface area (Å²) < 4.78 is 0. The van der Waals surface area contributed by atoms with Crippen LogP contribution in [0.4, 0.5) is 0 Å². The Balaban J connectivity index is -0.000000134. The highest BCUT2D eigenvalue weighted by Gasteiger charge is 2.13. The van der Waals surface area contributed by atoms with Crippen molar-refractivity contribution in [3.05, 3.63) is 30.6 Å². The third kappa shape index (κ3) is 49.5. The number of aliphatic carboxylic acids is 2. The van der Waals surface area contributed by atoms with Crippen LogP contribution in [-0.4, -0.2) is 68.4 Å². The van der Waals surface area contributed by atoms with E-state index >= 15 is 0 Å². The molecule has 0 radical (unpaired) electrons. The van der Waals surface area contributed by atoms with Gasteiger partial charge in [0.15, 0.2) is 12.1 Å². The number of carbonyl (C=O) groups is 2. The number of thioether (sulfide) groups is 2. The fraction of sp³-hybridized carbons (Fsp3) is 0.800. The van der Waals surface area contributed by atoms with Gasteiger partial charge < -0.3 is 52.3 Å². The summed E-state index contributed by atoms with van der Waals surface area (Å²) in [6.07, 6.45) is 5.23. The van der Waals surface area contributed by atoms with Gasteiger partial charge in [0.25, 0.3) is 0 Å². The molecule has 0 saturated carbocycles. The highest BCUT2D eigenvalue weighted by Crippen LogP contribution is 1.97. The van der Waals surface area contributed by atoms with Gasteiger partial charge in [0.05, 0.1) is 10.2 Å². The topological polar surface area (TPSA) is 262 Å². The lowest BCUT2D eigenvalue weighted by atomic mass is 10.2. The van der Waals surface area contributed by atoms with E-state index in [1.807, 2.05) is 12.5 Å². The van der Waals surface area contributed by atoms with Crippen molar-refractivity contribution < 1.29 is 41.4 Å². The summed E-state index contributed by atoms with van der Waals surface area (Å²) in [7, 11) is 0. The van der Waals surface area contributed by atoms with E-state index in [0.29, 0.717) is 12.8 Å². The molecule has 0 aliphatic rings. The Kier molecular flexibility index (Phi) is 28.0. The molecule has 0 rings (SSSR count). The van der Waals surface area contributed by atoms with Gasteiger partial charge >= 0.3 is 11.9 Å². The second-order valence-electron chi connectivity index (χ2n) is 4.08. The summed E-state index contributed by atoms with van der Waals surface area (Å²) in [5, 5.41) is 46.2. The van der Waals surface area contributed by atoms with Gasteiger partial charge in [-0.05, 0) is 24.0 Å². The molecular formula is C10H24N4O10S2. The van der Waals surface area contributed by atoms with E-state index in [4.69, 9.17) is 40.9 Å². The molecule has 0 spiro atoms. The number of quaternary nitrogens is 2. The van der Waals surface area contributed by atoms with E-state index in [-0.39, 0.29) is 0 Å². The van der Waals surface area contributed by atoms with E-state index in [9.17, 15) is 9.59 Å². The predicted molar refractivity (Wildman–Crippen MR) is 95.3 cm³/mol. The Morgan fingerprint density at radius 1 is 0.846 bits per heavy atom. The van der Waals surface area contributed by atoms with E-state index < -0.39 is 34.2 Å². The molecule has 0 fully saturated rings. The second-order valence-corrected chi connectivity index (χ2v) is 6.05. The van der Waals surface area contributed by atoms with Crippen LogP contribution < -0.4 is 11.5 Å². The molecule has 0 aromatic carbocycles. The summed E-state index contributed by atoms with van der Waals surface area (Å²) in [5.41, 5.74) is 6.92. The molecule has 0 heterocycles. The summed E-state index contributed by atoms with van der Waals surface area (Å²) in [6, 6.07) is -0.866. The second kappa shape index (κ2) is 23.0. The normalized spacial score (nSPS) is 10.9. The van der Waals surface area contributed by atoms with E-state index in [2.05, 4.69) is 11.5 Å². The first-order valence-corrected chi connectivity index (χ1v) is 9.34. The Morgan fingerprint density at radius 3 is 1.15 bits per heavy atom. The summed E-state index contributed by atoms with van der Waals surface area (Å²) in [6.45, 7) is 0. The molecule has 14 nitrogen and oxygen atoms in total. The standard InChI is InChI=1S/2C5H11NO2S.2NO3/c2*1-9-3-2-4(6)5(7)8;2*2-1(3)4/h2*4H,2-3,6H2,1H3,(H,7,8);;/q;;2*-1/p+2/t2*4-;;/m00../s1. The van der Waals surface area contributed by atoms with Crippen LogP contribution in [0.1, 0.15) is 12.8 Å². The van der Waals surface area contributed by atoms with Gasteiger partial charge in [0.2, 0.25) is 0 Å². The van der Waals surface area contributed by atoms with Crippen LogP contribution in [0.3, 0.4) is 0 Å². The van der Waals surface area contributed by atoms with Crippen LogP contribution in [0, 0.1) is 30.6 Å². The van der Waals surface area contributed by atoms with Gasteiger partial charge in [-0.3, -0.25) is 0 Å². The van der Waals surface area contributed by atoms with E-state index in [0.717, 1.165) is 11.5 Å². The molecule has 8 N–H and O–H groups in total. The molecule has 2 atom stereocenters. The molecule has 0 saturated heterocycles. The SMILES string of the molecule is CSCC[C@H]([NH3+])C(=O)O.CSCC[C@H]([NH3+])C(=O)O.O=[N+]([O-])[O-].O=[N+]([O-])[O-]. The highest BCUT2D eigenvalue weighted by molar-refractivity contribution is 7.98. The minimum absolute atomic E-state index is 0.433. The minimum atomic E-state index is -1.75. The number of hydrogen-bond acceptors (Lipinski definition) is 10. The van der Waals surface area contributed by atoms with Crippen LogP contribution in [0.15, 0.2) is 0 Å². The van der Waals surface area contributed by atoms with Crippen LogP contribution in [0.2, 0.25) is 0 Å². The van der Waals surface area contributed by atoms with E-state index in [1.165, 1.54) is 0 Å². The molecule has 0 aromatic rings. The van der Waals surface area contributed by atoms with Gasteiger partial charge in [-0.2, -0.15) is 23.5 Å². The molecule has 0 aliphatic heterocycles. The molecule has 0 bridgehead atoms. The molecule has 0 unspecified atom stereocenters. The quantitative estimate of drug-likeness (QED) is 0.253. The van der Waals surface area contributed by atoms with Crippen LogP contribution in [0.25, 0.3) is 0 Å². The third-order valence-electron chi connectivity index (χ3n) is 2.04. The van der Waals surface area contributed by atoms with Gasteiger partial charge in [0.1, 0.15) is 0 Å². The van der Waals surface area contributed by atoms with Crippen molar-refractivity contribution in [1.29, 1.82) is 0 Å². The fourth-order valence-corrected chi connectivity index (χ4v) is 1.81. The van der Waals surface area contributed by atoms with Crippen molar-refractivity contribution in [1.82, 2.24) is 0 Å². The Morgan fingerprint density at radius 2 is 1.04 bits per heavy atom. The number of hydrogen-bond donors (Lipinski definition) is 4. The molecular weight excluding hydrogens is 400 g/mol. The van der Waals surface area contributed by atoms with Gasteiger partial charge in [-0.15, -0.1) is 0 Å². The van der Waals surface area contributed by atoms with Crippen molar-refractivity contribution in [2.24, 2.45) is 0 Å². The first-order valence-electron chi connectivity index (χ1n) is 6.56.